The number of nitrogens with one attached hydrogen (secondary N) is 2. The van der Waals surface area contributed by atoms with Crippen LogP contribution in [0.3, 0.4) is 0 Å². The number of pyridine rings is 1. The van der Waals surface area contributed by atoms with Crippen molar-refractivity contribution in [1.29, 1.82) is 0 Å². The Bertz CT molecular complexity index is 1550. The maximum atomic E-state index is 13.7. The summed E-state index contributed by atoms with van der Waals surface area (Å²) < 4.78 is 0. The van der Waals surface area contributed by atoms with Gasteiger partial charge in [-0.15, -0.1) is 0 Å². The molecule has 2 N–H and O–H groups in total. The van der Waals surface area contributed by atoms with Crippen molar-refractivity contribution in [3.63, 3.8) is 0 Å². The van der Waals surface area contributed by atoms with Crippen molar-refractivity contribution in [2.45, 2.75) is 6.42 Å². The van der Waals surface area contributed by atoms with Crippen LogP contribution in [0.15, 0.2) is 97.1 Å². The molecule has 0 spiro atoms. The summed E-state index contributed by atoms with van der Waals surface area (Å²) in [5.41, 5.74) is 4.18. The Hall–Kier alpha value is -4.82. The van der Waals surface area contributed by atoms with Crippen molar-refractivity contribution in [3.8, 4) is 11.3 Å². The minimum absolute atomic E-state index is 0.0133. The second-order valence-electron chi connectivity index (χ2n) is 10.2. The Kier molecular flexibility index (Phi) is 9.69. The number of nitrogens with zero attached hydrogens (tertiary/aromatic N) is 3. The van der Waals surface area contributed by atoms with Gasteiger partial charge in [-0.1, -0.05) is 78.9 Å². The average molecular weight is 562 g/mol. The Morgan fingerprint density at radius 1 is 0.786 bits per heavy atom. The number of piperazine rings is 1. The summed E-state index contributed by atoms with van der Waals surface area (Å²) in [5, 5.41) is 6.52. The van der Waals surface area contributed by atoms with Crippen molar-refractivity contribution in [2.75, 3.05) is 45.8 Å². The molecule has 0 atom stereocenters. The Labute approximate surface area is 246 Å². The maximum Gasteiger partial charge on any atom is 0.254 e. The lowest BCUT2D eigenvalue weighted by atomic mass is 10.0. The third kappa shape index (κ3) is 7.67. The van der Waals surface area contributed by atoms with E-state index in [-0.39, 0.29) is 30.7 Å². The van der Waals surface area contributed by atoms with Gasteiger partial charge in [0.15, 0.2) is 0 Å². The molecule has 214 valence electrons. The van der Waals surface area contributed by atoms with Crippen LogP contribution in [0, 0.1) is 0 Å². The van der Waals surface area contributed by atoms with E-state index in [0.29, 0.717) is 31.7 Å². The van der Waals surface area contributed by atoms with Crippen LogP contribution in [0.4, 0.5) is 0 Å². The predicted molar refractivity (Wildman–Crippen MR) is 166 cm³/mol. The van der Waals surface area contributed by atoms with Gasteiger partial charge >= 0.3 is 0 Å². The Balaban J connectivity index is 1.06. The number of hydrogen-bond donors (Lipinski definition) is 2. The van der Waals surface area contributed by atoms with E-state index >= 15 is 0 Å². The standard InChI is InChI=1S/C34H35N5O3/c40-32(16-15-26-9-3-1-4-10-26)35-18-17-33(41)36-19-20-38-21-23-39(24-22-38)34(42)29-25-31(27-11-5-2-6-12-27)37-30-14-8-7-13-28(29)30/h1-16,25H,17-24H2,(H,35,40)(H,36,41)/b16-15+. The molecule has 42 heavy (non-hydrogen) atoms. The lowest BCUT2D eigenvalue weighted by Crippen LogP contribution is -2.50. The number of fused-ring (bicyclic) bond motifs is 1. The van der Waals surface area contributed by atoms with E-state index in [1.165, 1.54) is 6.08 Å². The number of benzene rings is 3. The first-order valence-corrected chi connectivity index (χ1v) is 14.3. The fourth-order valence-electron chi connectivity index (χ4n) is 4.99. The Morgan fingerprint density at radius 3 is 2.24 bits per heavy atom. The highest BCUT2D eigenvalue weighted by Gasteiger charge is 2.24. The number of amides is 3. The first-order chi connectivity index (χ1) is 20.6. The van der Waals surface area contributed by atoms with Crippen LogP contribution in [0.25, 0.3) is 28.2 Å². The highest BCUT2D eigenvalue weighted by molar-refractivity contribution is 6.07. The molecule has 0 saturated carbocycles. The number of rotatable bonds is 10. The summed E-state index contributed by atoms with van der Waals surface area (Å²) in [6, 6.07) is 29.2. The molecule has 3 amide bonds. The molecule has 1 saturated heterocycles. The normalized spacial score (nSPS) is 13.8. The summed E-state index contributed by atoms with van der Waals surface area (Å²) in [4.78, 5) is 46.8. The molecule has 0 aliphatic carbocycles. The quantitative estimate of drug-likeness (QED) is 0.286. The van der Waals surface area contributed by atoms with Crippen LogP contribution in [0.1, 0.15) is 22.3 Å². The van der Waals surface area contributed by atoms with Gasteiger partial charge in [-0.25, -0.2) is 4.98 Å². The van der Waals surface area contributed by atoms with Gasteiger partial charge in [-0.2, -0.15) is 0 Å². The number of hydrogen-bond acceptors (Lipinski definition) is 5. The zero-order chi connectivity index (χ0) is 29.1. The van der Waals surface area contributed by atoms with Crippen LogP contribution in [0.5, 0.6) is 0 Å². The van der Waals surface area contributed by atoms with Crippen LogP contribution in [0.2, 0.25) is 0 Å². The first-order valence-electron chi connectivity index (χ1n) is 14.3. The van der Waals surface area contributed by atoms with Gasteiger partial charge in [0.25, 0.3) is 5.91 Å². The smallest absolute Gasteiger partial charge is 0.254 e. The molecule has 8 heteroatoms. The van der Waals surface area contributed by atoms with Crippen molar-refractivity contribution in [2.24, 2.45) is 0 Å². The molecule has 2 heterocycles. The van der Waals surface area contributed by atoms with Crippen LogP contribution < -0.4 is 10.6 Å². The zero-order valence-electron chi connectivity index (χ0n) is 23.5. The molecule has 0 radical (unpaired) electrons. The first kappa shape index (κ1) is 28.7. The van der Waals surface area contributed by atoms with Crippen molar-refractivity contribution in [3.05, 3.63) is 108 Å². The van der Waals surface area contributed by atoms with Crippen LogP contribution in [-0.2, 0) is 9.59 Å². The van der Waals surface area contributed by atoms with E-state index in [1.807, 2.05) is 95.9 Å². The van der Waals surface area contributed by atoms with Gasteiger partial charge in [0, 0.05) is 69.3 Å². The molecule has 8 nitrogen and oxygen atoms in total. The summed E-state index contributed by atoms with van der Waals surface area (Å²) in [7, 11) is 0. The topological polar surface area (TPSA) is 94.6 Å². The fourth-order valence-corrected chi connectivity index (χ4v) is 4.99. The Morgan fingerprint density at radius 2 is 1.48 bits per heavy atom. The van der Waals surface area contributed by atoms with Gasteiger partial charge in [0.1, 0.15) is 0 Å². The minimum atomic E-state index is -0.227. The summed E-state index contributed by atoms with van der Waals surface area (Å²) >= 11 is 0. The van der Waals surface area contributed by atoms with Crippen molar-refractivity contribution in [1.82, 2.24) is 25.4 Å². The molecule has 0 bridgehead atoms. The van der Waals surface area contributed by atoms with E-state index in [4.69, 9.17) is 4.98 Å². The lowest BCUT2D eigenvalue weighted by molar-refractivity contribution is -0.121. The monoisotopic (exact) mass is 561 g/mol. The molecular formula is C34H35N5O3. The molecule has 0 unspecified atom stereocenters. The minimum Gasteiger partial charge on any atom is -0.355 e. The second kappa shape index (κ2) is 14.2. The van der Waals surface area contributed by atoms with E-state index in [1.54, 1.807) is 6.08 Å². The van der Waals surface area contributed by atoms with Gasteiger partial charge in [-0.05, 0) is 23.8 Å². The molecule has 5 rings (SSSR count). The fraction of sp³-hybridized carbons (Fsp3) is 0.235. The van der Waals surface area contributed by atoms with Crippen molar-refractivity contribution >= 4 is 34.7 Å². The van der Waals surface area contributed by atoms with E-state index in [9.17, 15) is 14.4 Å². The number of aromatic nitrogens is 1. The lowest BCUT2D eigenvalue weighted by Gasteiger charge is -2.35. The van der Waals surface area contributed by atoms with E-state index in [2.05, 4.69) is 15.5 Å². The van der Waals surface area contributed by atoms with Crippen molar-refractivity contribution < 1.29 is 14.4 Å². The number of para-hydroxylation sites is 1. The van der Waals surface area contributed by atoms with Gasteiger partial charge in [0.2, 0.25) is 11.8 Å². The van der Waals surface area contributed by atoms with E-state index in [0.717, 1.165) is 40.8 Å². The third-order valence-corrected chi connectivity index (χ3v) is 7.30. The largest absolute Gasteiger partial charge is 0.355 e. The SMILES string of the molecule is O=C(/C=C/c1ccccc1)NCCC(=O)NCCN1CCN(C(=O)c2cc(-c3ccccc3)nc3ccccc23)CC1. The molecule has 1 aliphatic heterocycles. The van der Waals surface area contributed by atoms with Gasteiger partial charge < -0.3 is 15.5 Å². The molecule has 1 aliphatic rings. The van der Waals surface area contributed by atoms with E-state index < -0.39 is 0 Å². The highest BCUT2D eigenvalue weighted by Crippen LogP contribution is 2.26. The van der Waals surface area contributed by atoms with Gasteiger partial charge in [-0.3, -0.25) is 19.3 Å². The maximum absolute atomic E-state index is 13.7. The zero-order valence-corrected chi connectivity index (χ0v) is 23.5. The summed E-state index contributed by atoms with van der Waals surface area (Å²) in [5.74, 6) is -0.315. The van der Waals surface area contributed by atoms with Crippen LogP contribution in [-0.4, -0.2) is 78.3 Å². The average Bonchev–Trinajstić information content (AvgIpc) is 3.04. The number of carbonyl (C=O) groups is 3. The molecule has 4 aromatic rings. The summed E-state index contributed by atoms with van der Waals surface area (Å²) in [6.45, 7) is 4.21. The van der Waals surface area contributed by atoms with Gasteiger partial charge in [0.05, 0.1) is 16.8 Å². The van der Waals surface area contributed by atoms with Crippen LogP contribution >= 0.6 is 0 Å². The molecule has 1 aromatic heterocycles. The highest BCUT2D eigenvalue weighted by atomic mass is 16.2. The molecule has 3 aromatic carbocycles. The second-order valence-corrected chi connectivity index (χ2v) is 10.2. The molecular weight excluding hydrogens is 526 g/mol. The summed E-state index contributed by atoms with van der Waals surface area (Å²) in [6.07, 6.45) is 3.43. The molecule has 1 fully saturated rings. The number of carbonyl (C=O) groups excluding carboxylic acids is 3. The third-order valence-electron chi connectivity index (χ3n) is 7.30. The predicted octanol–water partition coefficient (Wildman–Crippen LogP) is 4.00.